The van der Waals surface area contributed by atoms with Gasteiger partial charge in [0, 0.05) is 12.1 Å². The molecular formula is C10H14FNO3. The fourth-order valence-corrected chi connectivity index (χ4v) is 1.31. The van der Waals surface area contributed by atoms with Crippen molar-refractivity contribution in [2.45, 2.75) is 6.10 Å². The molecule has 0 spiro atoms. The van der Waals surface area contributed by atoms with Crippen molar-refractivity contribution in [1.29, 1.82) is 0 Å². The molecule has 0 saturated heterocycles. The van der Waals surface area contributed by atoms with Gasteiger partial charge in [0.15, 0.2) is 11.5 Å². The Morgan fingerprint density at radius 1 is 1.40 bits per heavy atom. The molecule has 1 atom stereocenters. The predicted octanol–water partition coefficient (Wildman–Crippen LogP) is 0.835. The Morgan fingerprint density at radius 3 is 2.53 bits per heavy atom. The fourth-order valence-electron chi connectivity index (χ4n) is 1.31. The minimum Gasteiger partial charge on any atom is -0.494 e. The second-order valence-corrected chi connectivity index (χ2v) is 2.96. The first-order chi connectivity index (χ1) is 7.15. The van der Waals surface area contributed by atoms with Gasteiger partial charge in [0.1, 0.15) is 0 Å². The zero-order chi connectivity index (χ0) is 11.4. The van der Waals surface area contributed by atoms with Crippen LogP contribution in [-0.4, -0.2) is 25.9 Å². The minimum atomic E-state index is -0.944. The van der Waals surface area contributed by atoms with Crippen LogP contribution in [0.15, 0.2) is 12.1 Å². The van der Waals surface area contributed by atoms with E-state index in [9.17, 15) is 9.50 Å². The highest BCUT2D eigenvalue weighted by atomic mass is 19.1. The molecule has 0 aliphatic rings. The summed E-state index contributed by atoms with van der Waals surface area (Å²) in [6, 6.07) is 2.95. The molecule has 1 aromatic carbocycles. The number of hydrogen-bond acceptors (Lipinski definition) is 4. The second kappa shape index (κ2) is 4.95. The molecule has 0 aliphatic carbocycles. The van der Waals surface area contributed by atoms with Gasteiger partial charge in [0.2, 0.25) is 5.82 Å². The van der Waals surface area contributed by atoms with E-state index in [0.717, 1.165) is 0 Å². The molecule has 0 saturated carbocycles. The molecule has 0 amide bonds. The lowest BCUT2D eigenvalue weighted by Crippen LogP contribution is -2.13. The first-order valence-corrected chi connectivity index (χ1v) is 4.44. The summed E-state index contributed by atoms with van der Waals surface area (Å²) in [5, 5.41) is 9.52. The summed E-state index contributed by atoms with van der Waals surface area (Å²) >= 11 is 0. The molecule has 0 heterocycles. The zero-order valence-electron chi connectivity index (χ0n) is 8.66. The predicted molar refractivity (Wildman–Crippen MR) is 53.5 cm³/mol. The van der Waals surface area contributed by atoms with Crippen molar-refractivity contribution < 1.29 is 19.0 Å². The van der Waals surface area contributed by atoms with Crippen LogP contribution in [0.25, 0.3) is 0 Å². The van der Waals surface area contributed by atoms with E-state index in [-0.39, 0.29) is 18.0 Å². The van der Waals surface area contributed by atoms with Crippen LogP contribution in [0.2, 0.25) is 0 Å². The van der Waals surface area contributed by atoms with Crippen LogP contribution in [0.5, 0.6) is 11.5 Å². The summed E-state index contributed by atoms with van der Waals surface area (Å²) in [7, 11) is 2.68. The summed E-state index contributed by atoms with van der Waals surface area (Å²) < 4.78 is 23.3. The Morgan fingerprint density at radius 2 is 2.07 bits per heavy atom. The maximum Gasteiger partial charge on any atom is 0.207 e. The highest BCUT2D eigenvalue weighted by Crippen LogP contribution is 2.33. The number of aliphatic hydroxyl groups is 1. The van der Waals surface area contributed by atoms with Crippen molar-refractivity contribution in [3.8, 4) is 11.5 Å². The zero-order valence-corrected chi connectivity index (χ0v) is 8.66. The van der Waals surface area contributed by atoms with Crippen LogP contribution < -0.4 is 15.2 Å². The number of aliphatic hydroxyl groups excluding tert-OH is 1. The smallest absolute Gasteiger partial charge is 0.207 e. The van der Waals surface area contributed by atoms with E-state index >= 15 is 0 Å². The average molecular weight is 215 g/mol. The van der Waals surface area contributed by atoms with E-state index in [1.807, 2.05) is 0 Å². The van der Waals surface area contributed by atoms with Gasteiger partial charge in [-0.05, 0) is 12.1 Å². The van der Waals surface area contributed by atoms with Crippen LogP contribution >= 0.6 is 0 Å². The average Bonchev–Trinajstić information content (AvgIpc) is 2.27. The molecule has 15 heavy (non-hydrogen) atoms. The van der Waals surface area contributed by atoms with Gasteiger partial charge in [-0.2, -0.15) is 4.39 Å². The number of benzene rings is 1. The number of ether oxygens (including phenoxy) is 2. The molecule has 1 unspecified atom stereocenters. The third-order valence-corrected chi connectivity index (χ3v) is 2.10. The number of methoxy groups -OCH3 is 2. The lowest BCUT2D eigenvalue weighted by Gasteiger charge is -2.15. The van der Waals surface area contributed by atoms with E-state index in [1.165, 1.54) is 26.4 Å². The Hall–Kier alpha value is -1.33. The Kier molecular flexibility index (Phi) is 3.88. The summed E-state index contributed by atoms with van der Waals surface area (Å²) in [4.78, 5) is 0. The topological polar surface area (TPSA) is 64.7 Å². The highest BCUT2D eigenvalue weighted by molar-refractivity contribution is 5.43. The molecule has 0 fully saturated rings. The molecule has 3 N–H and O–H groups in total. The van der Waals surface area contributed by atoms with E-state index < -0.39 is 11.9 Å². The quantitative estimate of drug-likeness (QED) is 0.781. The normalized spacial score (nSPS) is 12.3. The maximum atomic E-state index is 13.6. The van der Waals surface area contributed by atoms with Crippen LogP contribution in [-0.2, 0) is 0 Å². The number of halogens is 1. The van der Waals surface area contributed by atoms with Crippen molar-refractivity contribution in [2.24, 2.45) is 5.73 Å². The molecule has 0 radical (unpaired) electrons. The Bertz CT molecular complexity index is 344. The van der Waals surface area contributed by atoms with E-state index in [1.54, 1.807) is 0 Å². The molecule has 84 valence electrons. The van der Waals surface area contributed by atoms with Crippen LogP contribution in [0.1, 0.15) is 11.7 Å². The maximum absolute atomic E-state index is 13.6. The number of hydrogen-bond donors (Lipinski definition) is 2. The molecule has 0 aromatic heterocycles. The molecular weight excluding hydrogens is 201 g/mol. The van der Waals surface area contributed by atoms with Crippen molar-refractivity contribution in [2.75, 3.05) is 20.8 Å². The monoisotopic (exact) mass is 215 g/mol. The second-order valence-electron chi connectivity index (χ2n) is 2.96. The van der Waals surface area contributed by atoms with E-state index in [2.05, 4.69) is 0 Å². The van der Waals surface area contributed by atoms with Gasteiger partial charge < -0.3 is 20.3 Å². The summed E-state index contributed by atoms with van der Waals surface area (Å²) in [6.07, 6.45) is -0.944. The molecule has 4 nitrogen and oxygen atoms in total. The number of nitrogens with two attached hydrogens (primary N) is 1. The molecule has 0 aliphatic heterocycles. The minimum absolute atomic E-state index is 0.00211. The molecule has 1 rings (SSSR count). The van der Waals surface area contributed by atoms with Gasteiger partial charge in [-0.15, -0.1) is 0 Å². The largest absolute Gasteiger partial charge is 0.494 e. The lowest BCUT2D eigenvalue weighted by atomic mass is 10.1. The first kappa shape index (κ1) is 11.7. The van der Waals surface area contributed by atoms with Crippen molar-refractivity contribution in [3.63, 3.8) is 0 Å². The first-order valence-electron chi connectivity index (χ1n) is 4.44. The third kappa shape index (κ3) is 2.19. The van der Waals surface area contributed by atoms with Crippen molar-refractivity contribution >= 4 is 0 Å². The highest BCUT2D eigenvalue weighted by Gasteiger charge is 2.18. The summed E-state index contributed by atoms with van der Waals surface area (Å²) in [5.74, 6) is -0.600. The molecule has 5 heteroatoms. The van der Waals surface area contributed by atoms with Gasteiger partial charge >= 0.3 is 0 Å². The summed E-state index contributed by atoms with van der Waals surface area (Å²) in [5.41, 5.74) is 5.61. The Labute approximate surface area is 87.4 Å². The molecule has 0 bridgehead atoms. The standard InChI is InChI=1S/C10H14FNO3/c1-14-8-4-3-6(7(13)5-12)10(15-2)9(8)11/h3-4,7,13H,5,12H2,1-2H3. The Balaban J connectivity index is 3.24. The van der Waals surface area contributed by atoms with Crippen LogP contribution in [0, 0.1) is 5.82 Å². The van der Waals surface area contributed by atoms with Gasteiger partial charge in [0.05, 0.1) is 20.3 Å². The van der Waals surface area contributed by atoms with Crippen LogP contribution in [0.4, 0.5) is 4.39 Å². The van der Waals surface area contributed by atoms with E-state index in [0.29, 0.717) is 5.56 Å². The summed E-state index contributed by atoms with van der Waals surface area (Å²) in [6.45, 7) is 0.00211. The van der Waals surface area contributed by atoms with Gasteiger partial charge in [0.25, 0.3) is 0 Å². The fraction of sp³-hybridized carbons (Fsp3) is 0.400. The van der Waals surface area contributed by atoms with Crippen molar-refractivity contribution in [1.82, 2.24) is 0 Å². The SMILES string of the molecule is COc1ccc(C(O)CN)c(OC)c1F. The van der Waals surface area contributed by atoms with Gasteiger partial charge in [-0.25, -0.2) is 0 Å². The van der Waals surface area contributed by atoms with E-state index in [4.69, 9.17) is 15.2 Å². The molecule has 1 aromatic rings. The van der Waals surface area contributed by atoms with Gasteiger partial charge in [-0.1, -0.05) is 0 Å². The van der Waals surface area contributed by atoms with Gasteiger partial charge in [-0.3, -0.25) is 0 Å². The number of rotatable bonds is 4. The third-order valence-electron chi connectivity index (χ3n) is 2.10. The van der Waals surface area contributed by atoms with Crippen LogP contribution in [0.3, 0.4) is 0 Å². The lowest BCUT2D eigenvalue weighted by molar-refractivity contribution is 0.180. The van der Waals surface area contributed by atoms with Crippen molar-refractivity contribution in [3.05, 3.63) is 23.5 Å².